The Morgan fingerprint density at radius 2 is 2.23 bits per heavy atom. The van der Waals surface area contributed by atoms with Crippen molar-refractivity contribution in [2.75, 3.05) is 6.54 Å². The molecule has 1 heterocycles. The van der Waals surface area contributed by atoms with Gasteiger partial charge >= 0.3 is 6.03 Å². The van der Waals surface area contributed by atoms with Crippen LogP contribution in [0.1, 0.15) is 11.3 Å². The molecule has 0 aromatic carbocycles. The topological polar surface area (TPSA) is 104 Å². The van der Waals surface area contributed by atoms with Crippen molar-refractivity contribution in [3.05, 3.63) is 21.6 Å². The van der Waals surface area contributed by atoms with Crippen LogP contribution in [0, 0.1) is 6.92 Å². The molecule has 5 N–H and O–H groups in total. The Hall–Kier alpha value is -1.72. The first-order valence-corrected chi connectivity index (χ1v) is 3.90. The SMILES string of the molecule is Cc1[nH][nH]c(=O)c1CCNC(N)=O. The number of aromatic amines is 2. The monoisotopic (exact) mass is 184 g/mol. The lowest BCUT2D eigenvalue weighted by Crippen LogP contribution is -2.31. The molecule has 0 unspecified atom stereocenters. The summed E-state index contributed by atoms with van der Waals surface area (Å²) in [5, 5.41) is 7.55. The lowest BCUT2D eigenvalue weighted by molar-refractivity contribution is 0.249. The number of carbonyl (C=O) groups is 1. The Labute approximate surface area is 74.5 Å². The standard InChI is InChI=1S/C7H12N4O2/c1-4-5(6(12)11-10-4)2-3-9-7(8)13/h2-3H2,1H3,(H3,8,9,13)(H2,10,11,12). The van der Waals surface area contributed by atoms with Crippen molar-refractivity contribution in [3.8, 4) is 0 Å². The number of carbonyl (C=O) groups excluding carboxylic acids is 1. The number of hydrogen-bond acceptors (Lipinski definition) is 2. The lowest BCUT2D eigenvalue weighted by atomic mass is 10.2. The number of aromatic nitrogens is 2. The summed E-state index contributed by atoms with van der Waals surface area (Å²) in [6.45, 7) is 2.16. The second-order valence-electron chi connectivity index (χ2n) is 2.72. The fraction of sp³-hybridized carbons (Fsp3) is 0.429. The van der Waals surface area contributed by atoms with E-state index in [4.69, 9.17) is 5.73 Å². The number of rotatable bonds is 3. The molecule has 1 aromatic rings. The quantitative estimate of drug-likeness (QED) is 0.495. The number of nitrogens with one attached hydrogen (secondary N) is 3. The average Bonchev–Trinajstić information content (AvgIpc) is 2.34. The highest BCUT2D eigenvalue weighted by Gasteiger charge is 2.04. The first kappa shape index (κ1) is 9.37. The van der Waals surface area contributed by atoms with E-state index >= 15 is 0 Å². The normalized spacial score (nSPS) is 9.92. The Morgan fingerprint density at radius 3 is 2.69 bits per heavy atom. The van der Waals surface area contributed by atoms with E-state index < -0.39 is 6.03 Å². The van der Waals surface area contributed by atoms with E-state index in [1.165, 1.54) is 0 Å². The second kappa shape index (κ2) is 3.79. The van der Waals surface area contributed by atoms with Gasteiger partial charge in [-0.1, -0.05) is 0 Å². The second-order valence-corrected chi connectivity index (χ2v) is 2.72. The summed E-state index contributed by atoms with van der Waals surface area (Å²) in [5.74, 6) is 0. The van der Waals surface area contributed by atoms with E-state index in [9.17, 15) is 9.59 Å². The van der Waals surface area contributed by atoms with Crippen LogP contribution in [0.25, 0.3) is 0 Å². The number of urea groups is 1. The van der Waals surface area contributed by atoms with E-state index in [0.717, 1.165) is 5.69 Å². The van der Waals surface area contributed by atoms with Gasteiger partial charge in [-0.15, -0.1) is 0 Å². The molecule has 72 valence electrons. The highest BCUT2D eigenvalue weighted by molar-refractivity contribution is 5.71. The molecule has 0 spiro atoms. The third kappa shape index (κ3) is 2.36. The van der Waals surface area contributed by atoms with Crippen molar-refractivity contribution >= 4 is 6.03 Å². The van der Waals surface area contributed by atoms with Crippen LogP contribution in [-0.4, -0.2) is 22.8 Å². The van der Waals surface area contributed by atoms with E-state index in [2.05, 4.69) is 15.5 Å². The minimum atomic E-state index is -0.579. The van der Waals surface area contributed by atoms with Crippen LogP contribution in [0.15, 0.2) is 4.79 Å². The van der Waals surface area contributed by atoms with Crippen LogP contribution in [0.2, 0.25) is 0 Å². The van der Waals surface area contributed by atoms with Crippen LogP contribution in [-0.2, 0) is 6.42 Å². The molecule has 0 aliphatic carbocycles. The fourth-order valence-corrected chi connectivity index (χ4v) is 1.08. The fourth-order valence-electron chi connectivity index (χ4n) is 1.08. The zero-order chi connectivity index (χ0) is 9.84. The molecular formula is C7H12N4O2. The maximum atomic E-state index is 11.1. The van der Waals surface area contributed by atoms with Gasteiger partial charge in [0.25, 0.3) is 5.56 Å². The molecule has 1 aromatic heterocycles. The molecule has 0 aliphatic rings. The van der Waals surface area contributed by atoms with Crippen LogP contribution < -0.4 is 16.6 Å². The summed E-state index contributed by atoms with van der Waals surface area (Å²) in [7, 11) is 0. The van der Waals surface area contributed by atoms with Crippen molar-refractivity contribution in [1.82, 2.24) is 15.5 Å². The summed E-state index contributed by atoms with van der Waals surface area (Å²) in [6.07, 6.45) is 0.480. The molecule has 0 fully saturated rings. The Kier molecular flexibility index (Phi) is 2.73. The molecule has 6 nitrogen and oxygen atoms in total. The van der Waals surface area contributed by atoms with Gasteiger partial charge in [-0.2, -0.15) is 0 Å². The van der Waals surface area contributed by atoms with Crippen LogP contribution >= 0.6 is 0 Å². The van der Waals surface area contributed by atoms with Crippen molar-refractivity contribution < 1.29 is 4.79 Å². The predicted octanol–water partition coefficient (Wildman–Crippen LogP) is -0.778. The summed E-state index contributed by atoms with van der Waals surface area (Å²) in [4.78, 5) is 21.4. The molecule has 0 saturated heterocycles. The van der Waals surface area contributed by atoms with Crippen molar-refractivity contribution in [3.63, 3.8) is 0 Å². The zero-order valence-electron chi connectivity index (χ0n) is 7.31. The van der Waals surface area contributed by atoms with Crippen LogP contribution in [0.5, 0.6) is 0 Å². The first-order valence-electron chi connectivity index (χ1n) is 3.90. The van der Waals surface area contributed by atoms with Gasteiger partial charge in [0.2, 0.25) is 0 Å². The van der Waals surface area contributed by atoms with Gasteiger partial charge in [-0.25, -0.2) is 4.79 Å². The highest BCUT2D eigenvalue weighted by Crippen LogP contribution is 1.96. The van der Waals surface area contributed by atoms with E-state index in [1.54, 1.807) is 6.92 Å². The maximum absolute atomic E-state index is 11.1. The number of nitrogens with two attached hydrogens (primary N) is 1. The smallest absolute Gasteiger partial charge is 0.312 e. The van der Waals surface area contributed by atoms with Crippen molar-refractivity contribution in [2.45, 2.75) is 13.3 Å². The molecule has 0 atom stereocenters. The number of amides is 2. The molecule has 13 heavy (non-hydrogen) atoms. The Bertz CT molecular complexity index is 352. The van der Waals surface area contributed by atoms with Gasteiger partial charge in [0.1, 0.15) is 0 Å². The van der Waals surface area contributed by atoms with E-state index in [-0.39, 0.29) is 5.56 Å². The van der Waals surface area contributed by atoms with Gasteiger partial charge in [-0.3, -0.25) is 9.89 Å². The first-order chi connectivity index (χ1) is 6.11. The molecule has 1 rings (SSSR count). The summed E-state index contributed by atoms with van der Waals surface area (Å²) in [6, 6.07) is -0.579. The third-order valence-electron chi connectivity index (χ3n) is 1.76. The number of hydrogen-bond donors (Lipinski definition) is 4. The van der Waals surface area contributed by atoms with Crippen molar-refractivity contribution in [1.29, 1.82) is 0 Å². The molecule has 2 amide bonds. The minimum Gasteiger partial charge on any atom is -0.352 e. The van der Waals surface area contributed by atoms with Crippen molar-refractivity contribution in [2.24, 2.45) is 5.73 Å². The van der Waals surface area contributed by atoms with Crippen LogP contribution in [0.3, 0.4) is 0 Å². The lowest BCUT2D eigenvalue weighted by Gasteiger charge is -1.99. The van der Waals surface area contributed by atoms with Crippen LogP contribution in [0.4, 0.5) is 4.79 Å². The Morgan fingerprint density at radius 1 is 1.54 bits per heavy atom. The van der Waals surface area contributed by atoms with E-state index in [0.29, 0.717) is 18.5 Å². The largest absolute Gasteiger partial charge is 0.352 e. The molecule has 0 aliphatic heterocycles. The minimum absolute atomic E-state index is 0.149. The highest BCUT2D eigenvalue weighted by atomic mass is 16.2. The average molecular weight is 184 g/mol. The Balaban J connectivity index is 2.54. The summed E-state index contributed by atoms with van der Waals surface area (Å²) < 4.78 is 0. The maximum Gasteiger partial charge on any atom is 0.312 e. The number of primary amides is 1. The summed E-state index contributed by atoms with van der Waals surface area (Å²) in [5.41, 5.74) is 6.15. The zero-order valence-corrected chi connectivity index (χ0v) is 7.31. The van der Waals surface area contributed by atoms with Gasteiger partial charge in [0.05, 0.1) is 0 Å². The van der Waals surface area contributed by atoms with E-state index in [1.807, 2.05) is 0 Å². The van der Waals surface area contributed by atoms with Gasteiger partial charge in [-0.05, 0) is 13.3 Å². The molecule has 0 radical (unpaired) electrons. The van der Waals surface area contributed by atoms with Gasteiger partial charge in [0.15, 0.2) is 0 Å². The molecule has 6 heteroatoms. The molecular weight excluding hydrogens is 172 g/mol. The molecule has 0 bridgehead atoms. The number of aryl methyl sites for hydroxylation is 1. The van der Waals surface area contributed by atoms with Gasteiger partial charge < -0.3 is 16.1 Å². The molecule has 0 saturated carbocycles. The summed E-state index contributed by atoms with van der Waals surface area (Å²) >= 11 is 0. The van der Waals surface area contributed by atoms with Gasteiger partial charge in [0, 0.05) is 17.8 Å². The third-order valence-corrected chi connectivity index (χ3v) is 1.76. The predicted molar refractivity (Wildman–Crippen MR) is 47.4 cm³/mol. The number of H-pyrrole nitrogens is 2.